The third-order valence-corrected chi connectivity index (χ3v) is 2.82. The lowest BCUT2D eigenvalue weighted by atomic mass is 10.3. The largest absolute Gasteiger partial charge is 0.385 e. The molecule has 19 heavy (non-hydrogen) atoms. The monoisotopic (exact) mass is 260 g/mol. The van der Waals surface area contributed by atoms with Crippen molar-refractivity contribution >= 4 is 5.95 Å². The number of nitrogens with zero attached hydrogens (tertiary/aromatic N) is 3. The maximum absolute atomic E-state index is 5.08. The Morgan fingerprint density at radius 3 is 3.05 bits per heavy atom. The highest BCUT2D eigenvalue weighted by molar-refractivity contribution is 5.30. The fourth-order valence-corrected chi connectivity index (χ4v) is 1.92. The molecule has 2 aromatic heterocycles. The van der Waals surface area contributed by atoms with E-state index < -0.39 is 0 Å². The van der Waals surface area contributed by atoms with Crippen molar-refractivity contribution in [2.75, 3.05) is 19.0 Å². The van der Waals surface area contributed by atoms with Gasteiger partial charge in [0.15, 0.2) is 0 Å². The SMILES string of the molecule is COCCCn1cc(C)nc1NCc1cccnc1. The van der Waals surface area contributed by atoms with Crippen molar-refractivity contribution in [3.05, 3.63) is 42.0 Å². The van der Waals surface area contributed by atoms with Crippen LogP contribution in [0.25, 0.3) is 0 Å². The van der Waals surface area contributed by atoms with Gasteiger partial charge >= 0.3 is 0 Å². The van der Waals surface area contributed by atoms with Gasteiger partial charge in [-0.05, 0) is 25.0 Å². The van der Waals surface area contributed by atoms with Crippen molar-refractivity contribution in [1.82, 2.24) is 14.5 Å². The summed E-state index contributed by atoms with van der Waals surface area (Å²) in [4.78, 5) is 8.60. The molecule has 0 saturated heterocycles. The first kappa shape index (κ1) is 13.5. The number of methoxy groups -OCH3 is 1. The molecule has 0 fully saturated rings. The van der Waals surface area contributed by atoms with E-state index in [2.05, 4.69) is 26.0 Å². The molecule has 0 amide bonds. The van der Waals surface area contributed by atoms with Crippen LogP contribution in [-0.4, -0.2) is 28.3 Å². The minimum Gasteiger partial charge on any atom is -0.385 e. The predicted octanol–water partition coefficient (Wildman–Crippen LogP) is 2.24. The average molecular weight is 260 g/mol. The maximum atomic E-state index is 5.08. The molecule has 0 spiro atoms. The summed E-state index contributed by atoms with van der Waals surface area (Å²) in [6.45, 7) is 4.40. The molecule has 0 aliphatic heterocycles. The van der Waals surface area contributed by atoms with Gasteiger partial charge in [0.05, 0.1) is 5.69 Å². The first-order chi connectivity index (χ1) is 9.29. The van der Waals surface area contributed by atoms with E-state index in [1.54, 1.807) is 13.3 Å². The molecule has 0 unspecified atom stereocenters. The minimum absolute atomic E-state index is 0.731. The lowest BCUT2D eigenvalue weighted by Gasteiger charge is -2.09. The molecule has 1 N–H and O–H groups in total. The third-order valence-electron chi connectivity index (χ3n) is 2.82. The van der Waals surface area contributed by atoms with Crippen LogP contribution in [0.2, 0.25) is 0 Å². The summed E-state index contributed by atoms with van der Waals surface area (Å²) in [7, 11) is 1.72. The summed E-state index contributed by atoms with van der Waals surface area (Å²) < 4.78 is 7.21. The lowest BCUT2D eigenvalue weighted by molar-refractivity contribution is 0.190. The predicted molar refractivity (Wildman–Crippen MR) is 75.0 cm³/mol. The van der Waals surface area contributed by atoms with E-state index in [1.165, 1.54) is 0 Å². The topological polar surface area (TPSA) is 52.0 Å². The molecule has 2 aromatic rings. The van der Waals surface area contributed by atoms with Gasteiger partial charge < -0.3 is 14.6 Å². The van der Waals surface area contributed by atoms with Gasteiger partial charge in [-0.3, -0.25) is 4.98 Å². The maximum Gasteiger partial charge on any atom is 0.203 e. The Hall–Kier alpha value is -1.88. The molecule has 0 bridgehead atoms. The summed E-state index contributed by atoms with van der Waals surface area (Å²) >= 11 is 0. The van der Waals surface area contributed by atoms with Crippen LogP contribution < -0.4 is 5.32 Å². The Labute approximate surface area is 113 Å². The smallest absolute Gasteiger partial charge is 0.203 e. The van der Waals surface area contributed by atoms with Crippen LogP contribution in [0.4, 0.5) is 5.95 Å². The fourth-order valence-electron chi connectivity index (χ4n) is 1.92. The zero-order valence-corrected chi connectivity index (χ0v) is 11.5. The summed E-state index contributed by atoms with van der Waals surface area (Å²) in [5.41, 5.74) is 2.16. The number of imidazole rings is 1. The fraction of sp³-hybridized carbons (Fsp3) is 0.429. The number of pyridine rings is 1. The second-order valence-electron chi connectivity index (χ2n) is 4.46. The van der Waals surface area contributed by atoms with Crippen molar-refractivity contribution in [3.63, 3.8) is 0 Å². The molecular weight excluding hydrogens is 240 g/mol. The van der Waals surface area contributed by atoms with E-state index in [0.29, 0.717) is 0 Å². The van der Waals surface area contributed by atoms with Crippen molar-refractivity contribution < 1.29 is 4.74 Å². The number of rotatable bonds is 7. The van der Waals surface area contributed by atoms with E-state index >= 15 is 0 Å². The number of aryl methyl sites for hydroxylation is 2. The van der Waals surface area contributed by atoms with Gasteiger partial charge in [-0.15, -0.1) is 0 Å². The molecule has 0 aliphatic carbocycles. The molecular formula is C14H20N4O. The van der Waals surface area contributed by atoms with E-state index in [1.807, 2.05) is 25.3 Å². The highest BCUT2D eigenvalue weighted by Crippen LogP contribution is 2.10. The van der Waals surface area contributed by atoms with Gasteiger partial charge in [-0.1, -0.05) is 6.07 Å². The quantitative estimate of drug-likeness (QED) is 0.776. The Morgan fingerprint density at radius 1 is 1.42 bits per heavy atom. The Morgan fingerprint density at radius 2 is 2.32 bits per heavy atom. The molecule has 2 heterocycles. The van der Waals surface area contributed by atoms with E-state index in [9.17, 15) is 0 Å². The van der Waals surface area contributed by atoms with Crippen LogP contribution in [0.3, 0.4) is 0 Å². The second-order valence-corrected chi connectivity index (χ2v) is 4.46. The molecule has 0 saturated carbocycles. The van der Waals surface area contributed by atoms with Crippen LogP contribution in [-0.2, 0) is 17.8 Å². The van der Waals surface area contributed by atoms with E-state index in [-0.39, 0.29) is 0 Å². The summed E-state index contributed by atoms with van der Waals surface area (Å²) in [6.07, 6.45) is 6.67. The van der Waals surface area contributed by atoms with Crippen LogP contribution in [0.5, 0.6) is 0 Å². The molecule has 0 radical (unpaired) electrons. The van der Waals surface area contributed by atoms with Crippen molar-refractivity contribution in [3.8, 4) is 0 Å². The number of hydrogen-bond donors (Lipinski definition) is 1. The Bertz CT molecular complexity index is 495. The third kappa shape index (κ3) is 4.06. The average Bonchev–Trinajstić information content (AvgIpc) is 2.78. The number of anilines is 1. The Kier molecular flexibility index (Phi) is 4.92. The number of nitrogens with one attached hydrogen (secondary N) is 1. The number of hydrogen-bond acceptors (Lipinski definition) is 4. The van der Waals surface area contributed by atoms with Gasteiger partial charge in [0.1, 0.15) is 0 Å². The highest BCUT2D eigenvalue weighted by atomic mass is 16.5. The van der Waals surface area contributed by atoms with Crippen LogP contribution in [0, 0.1) is 6.92 Å². The van der Waals surface area contributed by atoms with Crippen molar-refractivity contribution in [2.45, 2.75) is 26.4 Å². The molecule has 2 rings (SSSR count). The molecule has 0 aromatic carbocycles. The van der Waals surface area contributed by atoms with Gasteiger partial charge in [0, 0.05) is 45.4 Å². The highest BCUT2D eigenvalue weighted by Gasteiger charge is 2.05. The standard InChI is InChI=1S/C14H20N4O/c1-12-11-18(7-4-8-19-2)14(17-12)16-10-13-5-3-6-15-9-13/h3,5-6,9,11H,4,7-8,10H2,1-2H3,(H,16,17). The first-order valence-corrected chi connectivity index (χ1v) is 6.45. The van der Waals surface area contributed by atoms with Gasteiger partial charge in [-0.25, -0.2) is 4.98 Å². The summed E-state index contributed by atoms with van der Waals surface area (Å²) in [5, 5.41) is 3.35. The zero-order valence-electron chi connectivity index (χ0n) is 11.5. The normalized spacial score (nSPS) is 10.6. The molecule has 5 nitrogen and oxygen atoms in total. The van der Waals surface area contributed by atoms with E-state index in [0.717, 1.165) is 43.3 Å². The summed E-state index contributed by atoms with van der Waals surface area (Å²) in [6, 6.07) is 3.98. The minimum atomic E-state index is 0.731. The van der Waals surface area contributed by atoms with E-state index in [4.69, 9.17) is 4.74 Å². The van der Waals surface area contributed by atoms with Crippen LogP contribution >= 0.6 is 0 Å². The van der Waals surface area contributed by atoms with Crippen molar-refractivity contribution in [2.24, 2.45) is 0 Å². The number of aromatic nitrogens is 3. The van der Waals surface area contributed by atoms with Crippen LogP contribution in [0.15, 0.2) is 30.7 Å². The number of ether oxygens (including phenoxy) is 1. The first-order valence-electron chi connectivity index (χ1n) is 6.45. The summed E-state index contributed by atoms with van der Waals surface area (Å²) in [5.74, 6) is 0.900. The molecule has 102 valence electrons. The van der Waals surface area contributed by atoms with Gasteiger partial charge in [0.2, 0.25) is 5.95 Å². The molecule has 0 aliphatic rings. The Balaban J connectivity index is 1.95. The molecule has 0 atom stereocenters. The van der Waals surface area contributed by atoms with Gasteiger partial charge in [0.25, 0.3) is 0 Å². The second kappa shape index (κ2) is 6.89. The van der Waals surface area contributed by atoms with Crippen molar-refractivity contribution in [1.29, 1.82) is 0 Å². The molecule has 5 heteroatoms. The van der Waals surface area contributed by atoms with Gasteiger partial charge in [-0.2, -0.15) is 0 Å². The van der Waals surface area contributed by atoms with Crippen LogP contribution in [0.1, 0.15) is 17.7 Å². The zero-order chi connectivity index (χ0) is 13.5. The lowest BCUT2D eigenvalue weighted by Crippen LogP contribution is -2.08.